The van der Waals surface area contributed by atoms with Crippen molar-refractivity contribution in [1.29, 1.82) is 0 Å². The largest absolute Gasteiger partial charge is 0.356 e. The summed E-state index contributed by atoms with van der Waals surface area (Å²) in [5, 5.41) is 15.7. The number of aryl methyl sites for hydroxylation is 1. The van der Waals surface area contributed by atoms with Gasteiger partial charge in [-0.05, 0) is 103 Å². The quantitative estimate of drug-likeness (QED) is 0.0690. The Kier molecular flexibility index (Phi) is 15.5. The monoisotopic (exact) mass is 871 g/mol. The van der Waals surface area contributed by atoms with Crippen molar-refractivity contribution in [2.24, 2.45) is 10.8 Å². The molecule has 2 saturated heterocycles. The molecule has 3 aromatic carbocycles. The van der Waals surface area contributed by atoms with E-state index in [0.29, 0.717) is 42.0 Å². The Morgan fingerprint density at radius 3 is 2.27 bits per heavy atom. The molecule has 0 aromatic heterocycles. The molecule has 2 heterocycles. The van der Waals surface area contributed by atoms with Crippen molar-refractivity contribution in [3.8, 4) is 0 Å². The van der Waals surface area contributed by atoms with Crippen molar-refractivity contribution < 1.29 is 23.6 Å². The maximum absolute atomic E-state index is 16.2. The van der Waals surface area contributed by atoms with Crippen LogP contribution in [0.1, 0.15) is 118 Å². The van der Waals surface area contributed by atoms with E-state index in [1.54, 1.807) is 43.3 Å². The van der Waals surface area contributed by atoms with Gasteiger partial charge in [0.15, 0.2) is 0 Å². The molecular weight excluding hydrogens is 805 g/mol. The third-order valence-corrected chi connectivity index (χ3v) is 13.4. The number of benzene rings is 3. The highest BCUT2D eigenvalue weighted by molar-refractivity contribution is 6.30. The minimum Gasteiger partial charge on any atom is -0.356 e. The zero-order chi connectivity index (χ0) is 44.7. The van der Waals surface area contributed by atoms with E-state index >= 15 is 4.39 Å². The van der Waals surface area contributed by atoms with Crippen molar-refractivity contribution in [1.82, 2.24) is 25.8 Å². The fraction of sp³-hybridized carbons (Fsp3) is 0.551. The van der Waals surface area contributed by atoms with Crippen LogP contribution in [0, 0.1) is 23.6 Å². The first-order chi connectivity index (χ1) is 29.5. The molecule has 11 nitrogen and oxygen atoms in total. The normalized spacial score (nSPS) is 20.7. The number of nitrogens with one attached hydrogen (secondary N) is 5. The lowest BCUT2D eigenvalue weighted by molar-refractivity contribution is -0.119. The van der Waals surface area contributed by atoms with Crippen molar-refractivity contribution >= 4 is 47.1 Å². The van der Waals surface area contributed by atoms with Gasteiger partial charge >= 0.3 is 0 Å². The lowest BCUT2D eigenvalue weighted by Crippen LogP contribution is -2.50. The Morgan fingerprint density at radius 1 is 0.903 bits per heavy atom. The first kappa shape index (κ1) is 47.1. The van der Waals surface area contributed by atoms with Crippen LogP contribution in [0.4, 0.5) is 15.8 Å². The van der Waals surface area contributed by atoms with Crippen LogP contribution in [-0.2, 0) is 14.4 Å². The van der Waals surface area contributed by atoms with Gasteiger partial charge < -0.3 is 31.1 Å². The fourth-order valence-electron chi connectivity index (χ4n) is 10.8. The molecule has 0 radical (unpaired) electrons. The fourth-order valence-corrected chi connectivity index (χ4v) is 10.9. The van der Waals surface area contributed by atoms with Crippen LogP contribution in [0.25, 0.3) is 0 Å². The molecule has 4 amide bonds. The molecule has 1 aliphatic carbocycles. The van der Waals surface area contributed by atoms with Gasteiger partial charge in [0.2, 0.25) is 18.2 Å². The van der Waals surface area contributed by atoms with E-state index in [0.717, 1.165) is 95.3 Å². The number of carbonyl (C=O) groups is 4. The van der Waals surface area contributed by atoms with Crippen LogP contribution in [0.5, 0.6) is 0 Å². The molecule has 1 spiro atoms. The molecule has 3 atom stereocenters. The molecule has 3 aromatic rings. The van der Waals surface area contributed by atoms with E-state index in [2.05, 4.69) is 64.1 Å². The van der Waals surface area contributed by atoms with E-state index < -0.39 is 23.3 Å². The Labute approximate surface area is 372 Å². The van der Waals surface area contributed by atoms with Gasteiger partial charge in [-0.15, -0.1) is 0 Å². The van der Waals surface area contributed by atoms with Gasteiger partial charge in [0.25, 0.3) is 5.91 Å². The standard InChI is InChI=1S/C49H67ClFN7O4/c1-33-14-19-37(40(28-33)54-32-59)42-41(38-12-10-13-39(50)43(38)51)44(56-49(42)20-8-7-9-21-49)46(62)55-36-17-15-35(16-18-36)45(61)53-30-47(3,4)29-48(5,6)31-58-26-24-57(25-27-58)23-11-22-52-34(2)60/h10,12-19,28,32,41-42,44,56H,7-9,11,20-27,29-31H2,1-6H3,(H,52,60)(H,53,61)(H,54,59)(H,55,62)/t41-,42?,44?/m0/s1. The highest BCUT2D eigenvalue weighted by Crippen LogP contribution is 2.56. The number of anilines is 2. The molecule has 3 aliphatic rings. The van der Waals surface area contributed by atoms with Gasteiger partial charge in [-0.2, -0.15) is 0 Å². The maximum atomic E-state index is 16.2. The van der Waals surface area contributed by atoms with Crippen molar-refractivity contribution in [3.63, 3.8) is 0 Å². The molecule has 1 saturated carbocycles. The Balaban J connectivity index is 1.10. The predicted octanol–water partition coefficient (Wildman–Crippen LogP) is 7.85. The first-order valence-electron chi connectivity index (χ1n) is 22.4. The first-order valence-corrected chi connectivity index (χ1v) is 22.8. The summed E-state index contributed by atoms with van der Waals surface area (Å²) in [5.41, 5.74) is 3.17. The number of piperazine rings is 1. The van der Waals surface area contributed by atoms with Gasteiger partial charge in [0, 0.05) is 87.0 Å². The van der Waals surface area contributed by atoms with Crippen LogP contribution >= 0.6 is 11.6 Å². The highest BCUT2D eigenvalue weighted by Gasteiger charge is 2.57. The van der Waals surface area contributed by atoms with Crippen LogP contribution < -0.4 is 26.6 Å². The summed E-state index contributed by atoms with van der Waals surface area (Å²) in [5.74, 6) is -2.05. The third kappa shape index (κ3) is 11.8. The van der Waals surface area contributed by atoms with Crippen LogP contribution in [0.3, 0.4) is 0 Å². The summed E-state index contributed by atoms with van der Waals surface area (Å²) in [6.07, 6.45) is 7.08. The number of rotatable bonds is 17. The van der Waals surface area contributed by atoms with E-state index in [1.165, 1.54) is 6.07 Å². The number of nitrogens with zero attached hydrogens (tertiary/aromatic N) is 2. The summed E-state index contributed by atoms with van der Waals surface area (Å²) in [6, 6.07) is 16.9. The van der Waals surface area contributed by atoms with Crippen molar-refractivity contribution in [3.05, 3.63) is 93.8 Å². The molecular formula is C49H67ClFN7O4. The van der Waals surface area contributed by atoms with E-state index in [-0.39, 0.29) is 39.5 Å². The summed E-state index contributed by atoms with van der Waals surface area (Å²) >= 11 is 6.40. The second-order valence-corrected chi connectivity index (χ2v) is 20.0. The average molecular weight is 873 g/mol. The smallest absolute Gasteiger partial charge is 0.251 e. The molecule has 13 heteroatoms. The van der Waals surface area contributed by atoms with Crippen LogP contribution in [0.2, 0.25) is 5.02 Å². The number of hydrogen-bond acceptors (Lipinski definition) is 7. The van der Waals surface area contributed by atoms with Crippen LogP contribution in [-0.4, -0.2) is 97.9 Å². The average Bonchev–Trinajstić information content (AvgIpc) is 3.53. The molecule has 336 valence electrons. The summed E-state index contributed by atoms with van der Waals surface area (Å²) < 4.78 is 16.2. The zero-order valence-electron chi connectivity index (χ0n) is 37.5. The number of halogens is 2. The predicted molar refractivity (Wildman–Crippen MR) is 246 cm³/mol. The molecule has 0 bridgehead atoms. The van der Waals surface area contributed by atoms with Crippen molar-refractivity contribution in [2.45, 2.75) is 110 Å². The van der Waals surface area contributed by atoms with Crippen LogP contribution in [0.15, 0.2) is 60.7 Å². The van der Waals surface area contributed by atoms with E-state index in [1.807, 2.05) is 25.1 Å². The molecule has 2 unspecified atom stereocenters. The molecule has 5 N–H and O–H groups in total. The maximum Gasteiger partial charge on any atom is 0.251 e. The van der Waals surface area contributed by atoms with Gasteiger partial charge in [0.1, 0.15) is 5.82 Å². The highest BCUT2D eigenvalue weighted by atomic mass is 35.5. The molecule has 2 aliphatic heterocycles. The molecule has 3 fully saturated rings. The summed E-state index contributed by atoms with van der Waals surface area (Å²) in [7, 11) is 0. The third-order valence-electron chi connectivity index (χ3n) is 13.1. The Hall–Kier alpha value is -4.36. The Bertz CT molecular complexity index is 2050. The topological polar surface area (TPSA) is 135 Å². The zero-order valence-corrected chi connectivity index (χ0v) is 38.2. The lowest BCUT2D eigenvalue weighted by atomic mass is 9.66. The van der Waals surface area contributed by atoms with Gasteiger partial charge in [-0.25, -0.2) is 4.39 Å². The van der Waals surface area contributed by atoms with E-state index in [4.69, 9.17) is 11.6 Å². The lowest BCUT2D eigenvalue weighted by Gasteiger charge is -2.41. The second-order valence-electron chi connectivity index (χ2n) is 19.5. The molecule has 62 heavy (non-hydrogen) atoms. The number of amides is 4. The SMILES string of the molecule is CC(=O)NCCCN1CCN(CC(C)(C)CC(C)(C)CNC(=O)c2ccc(NC(=O)C3NC4(CCCCC4)C(c4ccc(C)cc4NC=O)[C@@H]3c3cccc(Cl)c3F)cc2)CC1. The number of carbonyl (C=O) groups excluding carboxylic acids is 4. The number of hydrogen-bond donors (Lipinski definition) is 5. The summed E-state index contributed by atoms with van der Waals surface area (Å²) in [4.78, 5) is 56.0. The molecule has 6 rings (SSSR count). The minimum atomic E-state index is -0.831. The van der Waals surface area contributed by atoms with Gasteiger partial charge in [-0.1, -0.05) is 82.8 Å². The van der Waals surface area contributed by atoms with Crippen molar-refractivity contribution in [2.75, 3.05) is 63.0 Å². The van der Waals surface area contributed by atoms with E-state index in [9.17, 15) is 19.2 Å². The minimum absolute atomic E-state index is 0.0146. The Morgan fingerprint density at radius 2 is 1.60 bits per heavy atom. The second kappa shape index (κ2) is 20.4. The van der Waals surface area contributed by atoms with Gasteiger partial charge in [-0.3, -0.25) is 24.5 Å². The van der Waals surface area contributed by atoms with Gasteiger partial charge in [0.05, 0.1) is 11.1 Å². The summed E-state index contributed by atoms with van der Waals surface area (Å²) in [6.45, 7) is 19.8.